The van der Waals surface area contributed by atoms with E-state index in [0.717, 1.165) is 5.56 Å². The molecule has 1 aromatic carbocycles. The summed E-state index contributed by atoms with van der Waals surface area (Å²) in [6.07, 6.45) is 1.50. The van der Waals surface area contributed by atoms with Crippen molar-refractivity contribution in [2.24, 2.45) is 0 Å². The second kappa shape index (κ2) is 6.05. The van der Waals surface area contributed by atoms with Crippen LogP contribution in [0.4, 0.5) is 5.69 Å². The third-order valence-electron chi connectivity index (χ3n) is 2.94. The average Bonchev–Trinajstić information content (AvgIpc) is 2.41. The monoisotopic (exact) mass is 348 g/mol. The van der Waals surface area contributed by atoms with Gasteiger partial charge in [-0.2, -0.15) is 0 Å². The number of carbonyl (C=O) groups excluding carboxylic acids is 1. The summed E-state index contributed by atoms with van der Waals surface area (Å²) in [6, 6.07) is 6.49. The molecular formula is C15H13BrN2O3. The van der Waals surface area contributed by atoms with Crippen LogP contribution < -0.4 is 5.32 Å². The first-order valence-electron chi connectivity index (χ1n) is 6.16. The fourth-order valence-electron chi connectivity index (χ4n) is 2.03. The lowest BCUT2D eigenvalue weighted by atomic mass is 10.0. The summed E-state index contributed by atoms with van der Waals surface area (Å²) in [5.41, 5.74) is 2.32. The van der Waals surface area contributed by atoms with Gasteiger partial charge in [-0.25, -0.2) is 9.78 Å². The number of hydrogen-bond acceptors (Lipinski definition) is 3. The van der Waals surface area contributed by atoms with Crippen molar-refractivity contribution in [3.05, 3.63) is 57.3 Å². The fourth-order valence-corrected chi connectivity index (χ4v) is 2.40. The third kappa shape index (κ3) is 3.46. The van der Waals surface area contributed by atoms with E-state index in [9.17, 15) is 14.7 Å². The van der Waals surface area contributed by atoms with E-state index in [1.807, 2.05) is 13.0 Å². The summed E-state index contributed by atoms with van der Waals surface area (Å²) in [5.74, 6) is -1.46. The maximum atomic E-state index is 12.2. The Bertz CT molecular complexity index is 729. The summed E-state index contributed by atoms with van der Waals surface area (Å²) in [4.78, 5) is 27.5. The molecule has 2 rings (SSSR count). The number of nitrogens with zero attached hydrogens (tertiary/aromatic N) is 1. The van der Waals surface area contributed by atoms with Crippen molar-refractivity contribution in [2.45, 2.75) is 13.8 Å². The highest BCUT2D eigenvalue weighted by atomic mass is 79.9. The maximum Gasteiger partial charge on any atom is 0.337 e. The van der Waals surface area contributed by atoms with Crippen LogP contribution in [0.2, 0.25) is 0 Å². The number of aromatic carboxylic acids is 1. The van der Waals surface area contributed by atoms with Crippen LogP contribution in [0.5, 0.6) is 0 Å². The first-order valence-corrected chi connectivity index (χ1v) is 6.95. The van der Waals surface area contributed by atoms with Crippen LogP contribution >= 0.6 is 15.9 Å². The lowest BCUT2D eigenvalue weighted by molar-refractivity contribution is 0.0698. The smallest absolute Gasteiger partial charge is 0.337 e. The summed E-state index contributed by atoms with van der Waals surface area (Å²) in [7, 11) is 0. The van der Waals surface area contributed by atoms with Gasteiger partial charge in [0.15, 0.2) is 0 Å². The second-order valence-corrected chi connectivity index (χ2v) is 5.44. The van der Waals surface area contributed by atoms with Gasteiger partial charge in [0.2, 0.25) is 0 Å². The van der Waals surface area contributed by atoms with E-state index < -0.39 is 5.97 Å². The number of amides is 1. The van der Waals surface area contributed by atoms with Crippen molar-refractivity contribution in [1.82, 2.24) is 4.98 Å². The van der Waals surface area contributed by atoms with E-state index in [2.05, 4.69) is 26.2 Å². The number of hydrogen-bond donors (Lipinski definition) is 2. The van der Waals surface area contributed by atoms with Crippen molar-refractivity contribution in [3.8, 4) is 0 Å². The van der Waals surface area contributed by atoms with Gasteiger partial charge in [0.25, 0.3) is 5.91 Å². The van der Waals surface area contributed by atoms with Gasteiger partial charge >= 0.3 is 5.97 Å². The van der Waals surface area contributed by atoms with Gasteiger partial charge in [0.1, 0.15) is 4.60 Å². The molecule has 5 nitrogen and oxygen atoms in total. The van der Waals surface area contributed by atoms with Gasteiger partial charge in [-0.1, -0.05) is 6.07 Å². The van der Waals surface area contributed by atoms with Crippen molar-refractivity contribution < 1.29 is 14.7 Å². The highest BCUT2D eigenvalue weighted by Crippen LogP contribution is 2.24. The Kier molecular flexibility index (Phi) is 4.37. The largest absolute Gasteiger partial charge is 0.478 e. The molecule has 0 aliphatic carbocycles. The zero-order valence-corrected chi connectivity index (χ0v) is 13.1. The zero-order valence-electron chi connectivity index (χ0n) is 11.5. The second-order valence-electron chi connectivity index (χ2n) is 4.63. The Morgan fingerprint density at radius 3 is 2.57 bits per heavy atom. The van der Waals surface area contributed by atoms with Gasteiger partial charge in [-0.3, -0.25) is 4.79 Å². The van der Waals surface area contributed by atoms with Gasteiger partial charge < -0.3 is 10.4 Å². The van der Waals surface area contributed by atoms with Crippen LogP contribution in [0.15, 0.2) is 35.1 Å². The SMILES string of the molecule is Cc1cc(C)c(NC(=O)c2ccnc(Br)c2)c(C(=O)O)c1. The molecule has 1 heterocycles. The number of carboxylic acids is 1. The molecule has 1 aromatic heterocycles. The highest BCUT2D eigenvalue weighted by molar-refractivity contribution is 9.10. The van der Waals surface area contributed by atoms with Gasteiger partial charge in [-0.15, -0.1) is 0 Å². The number of benzene rings is 1. The number of halogens is 1. The molecule has 0 unspecified atom stereocenters. The van der Waals surface area contributed by atoms with E-state index >= 15 is 0 Å². The minimum atomic E-state index is -1.08. The van der Waals surface area contributed by atoms with Crippen molar-refractivity contribution in [1.29, 1.82) is 0 Å². The number of carboxylic acid groups (broad SMARTS) is 1. The number of rotatable bonds is 3. The van der Waals surface area contributed by atoms with E-state index in [-0.39, 0.29) is 11.5 Å². The van der Waals surface area contributed by atoms with Crippen LogP contribution in [0.25, 0.3) is 0 Å². The summed E-state index contributed by atoms with van der Waals surface area (Å²) >= 11 is 3.19. The van der Waals surface area contributed by atoms with Crippen molar-refractivity contribution >= 4 is 33.5 Å². The molecule has 0 spiro atoms. The molecular weight excluding hydrogens is 336 g/mol. The Labute approximate surface area is 130 Å². The Hall–Kier alpha value is -2.21. The Balaban J connectivity index is 2.39. The Morgan fingerprint density at radius 1 is 1.24 bits per heavy atom. The van der Waals surface area contributed by atoms with Crippen LogP contribution in [-0.4, -0.2) is 22.0 Å². The number of aromatic nitrogens is 1. The summed E-state index contributed by atoms with van der Waals surface area (Å²) in [5, 5.41) is 11.9. The molecule has 0 bridgehead atoms. The van der Waals surface area contributed by atoms with Crippen molar-refractivity contribution in [3.63, 3.8) is 0 Å². The van der Waals surface area contributed by atoms with Gasteiger partial charge in [0.05, 0.1) is 11.3 Å². The molecule has 0 atom stereocenters. The molecule has 1 amide bonds. The molecule has 6 heteroatoms. The number of anilines is 1. The van der Waals surface area contributed by atoms with Crippen LogP contribution in [0.1, 0.15) is 31.8 Å². The van der Waals surface area contributed by atoms with E-state index in [1.165, 1.54) is 12.3 Å². The summed E-state index contributed by atoms with van der Waals surface area (Å²) in [6.45, 7) is 3.57. The van der Waals surface area contributed by atoms with Crippen LogP contribution in [0.3, 0.4) is 0 Å². The lowest BCUT2D eigenvalue weighted by Gasteiger charge is -2.13. The molecule has 2 aromatic rings. The molecule has 0 saturated carbocycles. The quantitative estimate of drug-likeness (QED) is 0.833. The molecule has 0 aliphatic heterocycles. The first-order chi connectivity index (χ1) is 9.88. The van der Waals surface area contributed by atoms with Crippen LogP contribution in [0, 0.1) is 13.8 Å². The van der Waals surface area contributed by atoms with E-state index in [0.29, 0.717) is 21.4 Å². The topological polar surface area (TPSA) is 79.3 Å². The predicted molar refractivity (Wildman–Crippen MR) is 82.8 cm³/mol. The molecule has 21 heavy (non-hydrogen) atoms. The maximum absolute atomic E-state index is 12.2. The van der Waals surface area contributed by atoms with Gasteiger partial charge in [-0.05, 0) is 59.1 Å². The normalized spacial score (nSPS) is 10.2. The molecule has 0 radical (unpaired) electrons. The Morgan fingerprint density at radius 2 is 1.95 bits per heavy atom. The van der Waals surface area contributed by atoms with Crippen LogP contribution in [-0.2, 0) is 0 Å². The molecule has 0 fully saturated rings. The first kappa shape index (κ1) is 15.2. The molecule has 2 N–H and O–H groups in total. The number of carbonyl (C=O) groups is 2. The number of aryl methyl sites for hydroxylation is 2. The summed E-state index contributed by atoms with van der Waals surface area (Å²) < 4.78 is 0.536. The molecule has 0 aliphatic rings. The lowest BCUT2D eigenvalue weighted by Crippen LogP contribution is -2.16. The van der Waals surface area contributed by atoms with E-state index in [1.54, 1.807) is 19.1 Å². The number of pyridine rings is 1. The predicted octanol–water partition coefficient (Wildman–Crippen LogP) is 3.41. The third-order valence-corrected chi connectivity index (χ3v) is 3.37. The standard InChI is InChI=1S/C15H13BrN2O3/c1-8-5-9(2)13(11(6-8)15(20)21)18-14(19)10-3-4-17-12(16)7-10/h3-7H,1-2H3,(H,18,19)(H,20,21). The minimum absolute atomic E-state index is 0.0778. The fraction of sp³-hybridized carbons (Fsp3) is 0.133. The van der Waals surface area contributed by atoms with Gasteiger partial charge in [0, 0.05) is 11.8 Å². The molecule has 0 saturated heterocycles. The highest BCUT2D eigenvalue weighted by Gasteiger charge is 2.16. The van der Waals surface area contributed by atoms with E-state index in [4.69, 9.17) is 0 Å². The van der Waals surface area contributed by atoms with Crippen molar-refractivity contribution in [2.75, 3.05) is 5.32 Å². The molecule has 108 valence electrons. The number of nitrogens with one attached hydrogen (secondary N) is 1. The minimum Gasteiger partial charge on any atom is -0.478 e. The average molecular weight is 349 g/mol. The zero-order chi connectivity index (χ0) is 15.6.